The van der Waals surface area contributed by atoms with Gasteiger partial charge in [0, 0.05) is 0 Å². The maximum Gasteiger partial charge on any atom is -0.0130 e. The van der Waals surface area contributed by atoms with Crippen LogP contribution in [0.3, 0.4) is 0 Å². The molecule has 0 aromatic heterocycles. The van der Waals surface area contributed by atoms with Crippen LogP contribution >= 0.6 is 10.9 Å². The molecular formula is C11H18S. The van der Waals surface area contributed by atoms with Gasteiger partial charge >= 0.3 is 0 Å². The van der Waals surface area contributed by atoms with Crippen LogP contribution < -0.4 is 0 Å². The normalized spacial score (nSPS) is 11.9. The highest BCUT2D eigenvalue weighted by atomic mass is 32.2. The Bertz CT molecular complexity index is 207. The minimum atomic E-state index is 0.0728. The van der Waals surface area contributed by atoms with Crippen LogP contribution in [0.5, 0.6) is 0 Å². The van der Waals surface area contributed by atoms with Crippen LogP contribution in [-0.2, 0) is 0 Å². The highest BCUT2D eigenvalue weighted by molar-refractivity contribution is 8.15. The fourth-order valence-corrected chi connectivity index (χ4v) is 1.90. The molecule has 0 spiro atoms. The van der Waals surface area contributed by atoms with Crippen molar-refractivity contribution in [1.29, 1.82) is 0 Å². The zero-order valence-electron chi connectivity index (χ0n) is 8.33. The van der Waals surface area contributed by atoms with Crippen molar-refractivity contribution >= 4 is 10.9 Å². The quantitative estimate of drug-likeness (QED) is 0.666. The second-order valence-corrected chi connectivity index (χ2v) is 5.95. The van der Waals surface area contributed by atoms with Crippen LogP contribution in [0.4, 0.5) is 0 Å². The SMILES string of the molecule is CC(C)c1ccc([SH](C)C)cc1. The Kier molecular flexibility index (Phi) is 3.21. The van der Waals surface area contributed by atoms with E-state index in [-0.39, 0.29) is 10.9 Å². The van der Waals surface area contributed by atoms with Crippen LogP contribution in [0.15, 0.2) is 29.2 Å². The Morgan fingerprint density at radius 2 is 1.50 bits per heavy atom. The van der Waals surface area contributed by atoms with Gasteiger partial charge in [-0.1, -0.05) is 38.1 Å². The van der Waals surface area contributed by atoms with E-state index in [1.807, 2.05) is 0 Å². The van der Waals surface area contributed by atoms with Crippen molar-refractivity contribution in [3.8, 4) is 0 Å². The fraction of sp³-hybridized carbons (Fsp3) is 0.455. The molecule has 0 aliphatic heterocycles. The van der Waals surface area contributed by atoms with E-state index in [9.17, 15) is 0 Å². The van der Waals surface area contributed by atoms with Crippen molar-refractivity contribution in [2.24, 2.45) is 0 Å². The summed E-state index contributed by atoms with van der Waals surface area (Å²) in [6.07, 6.45) is 4.58. The fourth-order valence-electron chi connectivity index (χ4n) is 1.16. The smallest absolute Gasteiger partial charge is 0.0130 e. The van der Waals surface area contributed by atoms with Gasteiger partial charge in [-0.15, -0.1) is 0 Å². The van der Waals surface area contributed by atoms with E-state index in [2.05, 4.69) is 50.6 Å². The van der Waals surface area contributed by atoms with E-state index in [0.717, 1.165) is 0 Å². The molecule has 1 rings (SSSR count). The Labute approximate surface area is 78.3 Å². The Balaban J connectivity index is 2.86. The van der Waals surface area contributed by atoms with E-state index < -0.39 is 0 Å². The molecule has 0 radical (unpaired) electrons. The van der Waals surface area contributed by atoms with Gasteiger partial charge in [-0.25, -0.2) is 10.9 Å². The molecule has 0 unspecified atom stereocenters. The van der Waals surface area contributed by atoms with E-state index in [4.69, 9.17) is 0 Å². The van der Waals surface area contributed by atoms with Crippen LogP contribution in [0.2, 0.25) is 0 Å². The number of hydrogen-bond donors (Lipinski definition) is 1. The summed E-state index contributed by atoms with van der Waals surface area (Å²) in [5.41, 5.74) is 1.44. The van der Waals surface area contributed by atoms with Crippen molar-refractivity contribution in [1.82, 2.24) is 0 Å². The lowest BCUT2D eigenvalue weighted by Gasteiger charge is -2.11. The van der Waals surface area contributed by atoms with Gasteiger partial charge in [0.25, 0.3) is 0 Å². The van der Waals surface area contributed by atoms with Crippen molar-refractivity contribution in [3.05, 3.63) is 29.8 Å². The maximum absolute atomic E-state index is 2.29. The third-order valence-corrected chi connectivity index (χ3v) is 3.41. The lowest BCUT2D eigenvalue weighted by Crippen LogP contribution is -1.86. The Morgan fingerprint density at radius 3 is 1.83 bits per heavy atom. The van der Waals surface area contributed by atoms with E-state index in [0.29, 0.717) is 5.92 Å². The van der Waals surface area contributed by atoms with Gasteiger partial charge in [0.05, 0.1) is 0 Å². The molecule has 0 aliphatic carbocycles. The van der Waals surface area contributed by atoms with Gasteiger partial charge in [-0.05, 0) is 28.9 Å². The summed E-state index contributed by atoms with van der Waals surface area (Å²) in [5, 5.41) is 0. The lowest BCUT2D eigenvalue weighted by atomic mass is 10.0. The molecule has 0 bridgehead atoms. The summed E-state index contributed by atoms with van der Waals surface area (Å²) in [5.74, 6) is 0.652. The maximum atomic E-state index is 2.29. The third kappa shape index (κ3) is 2.28. The molecule has 1 aromatic rings. The summed E-state index contributed by atoms with van der Waals surface area (Å²) >= 11 is 0. The third-order valence-electron chi connectivity index (χ3n) is 2.08. The largest absolute Gasteiger partial charge is 0.233 e. The van der Waals surface area contributed by atoms with E-state index in [1.54, 1.807) is 0 Å². The van der Waals surface area contributed by atoms with Crippen molar-refractivity contribution in [3.63, 3.8) is 0 Å². The molecule has 0 saturated carbocycles. The minimum absolute atomic E-state index is 0.0728. The number of hydrogen-bond acceptors (Lipinski definition) is 0. The zero-order valence-corrected chi connectivity index (χ0v) is 9.23. The monoisotopic (exact) mass is 182 g/mol. The second-order valence-electron chi connectivity index (χ2n) is 3.64. The van der Waals surface area contributed by atoms with Gasteiger partial charge in [-0.3, -0.25) is 0 Å². The predicted molar refractivity (Wildman–Crippen MR) is 59.6 cm³/mol. The molecule has 0 amide bonds. The van der Waals surface area contributed by atoms with Crippen LogP contribution in [-0.4, -0.2) is 12.5 Å². The topological polar surface area (TPSA) is 0 Å². The first-order chi connectivity index (χ1) is 5.61. The molecule has 0 heterocycles. The van der Waals surface area contributed by atoms with E-state index >= 15 is 0 Å². The van der Waals surface area contributed by atoms with Crippen LogP contribution in [0.25, 0.3) is 0 Å². The molecule has 0 aliphatic rings. The zero-order chi connectivity index (χ0) is 9.14. The average molecular weight is 182 g/mol. The van der Waals surface area contributed by atoms with Crippen molar-refractivity contribution in [2.45, 2.75) is 24.7 Å². The highest BCUT2D eigenvalue weighted by Crippen LogP contribution is 2.28. The molecule has 0 fully saturated rings. The van der Waals surface area contributed by atoms with E-state index in [1.165, 1.54) is 10.5 Å². The predicted octanol–water partition coefficient (Wildman–Crippen LogP) is 3.43. The molecule has 0 saturated heterocycles. The molecule has 0 nitrogen and oxygen atoms in total. The first-order valence-corrected chi connectivity index (χ1v) is 6.62. The van der Waals surface area contributed by atoms with Gasteiger partial charge < -0.3 is 0 Å². The Hall–Kier alpha value is -0.430. The summed E-state index contributed by atoms with van der Waals surface area (Å²) in [7, 11) is 0.0728. The van der Waals surface area contributed by atoms with Crippen molar-refractivity contribution < 1.29 is 0 Å². The first-order valence-electron chi connectivity index (χ1n) is 4.38. The first kappa shape index (κ1) is 9.66. The van der Waals surface area contributed by atoms with Gasteiger partial charge in [0.15, 0.2) is 0 Å². The molecule has 0 N–H and O–H groups in total. The summed E-state index contributed by atoms with van der Waals surface area (Å²) in [4.78, 5) is 1.49. The molecule has 1 heteroatoms. The average Bonchev–Trinajstić information content (AvgIpc) is 2.04. The Morgan fingerprint density at radius 1 is 1.00 bits per heavy atom. The molecular weight excluding hydrogens is 164 g/mol. The highest BCUT2D eigenvalue weighted by Gasteiger charge is 1.99. The summed E-state index contributed by atoms with van der Waals surface area (Å²) in [6.45, 7) is 4.46. The van der Waals surface area contributed by atoms with Crippen molar-refractivity contribution in [2.75, 3.05) is 12.5 Å². The lowest BCUT2D eigenvalue weighted by molar-refractivity contribution is 0.865. The van der Waals surface area contributed by atoms with Gasteiger partial charge in [-0.2, -0.15) is 0 Å². The molecule has 0 atom stereocenters. The number of rotatable bonds is 2. The number of thiol groups is 1. The van der Waals surface area contributed by atoms with Crippen LogP contribution in [0.1, 0.15) is 25.3 Å². The number of benzene rings is 1. The molecule has 68 valence electrons. The summed E-state index contributed by atoms with van der Waals surface area (Å²) < 4.78 is 0. The van der Waals surface area contributed by atoms with Crippen LogP contribution in [0, 0.1) is 0 Å². The second kappa shape index (κ2) is 3.99. The minimum Gasteiger partial charge on any atom is -0.233 e. The molecule has 1 aromatic carbocycles. The molecule has 12 heavy (non-hydrogen) atoms. The summed E-state index contributed by atoms with van der Waals surface area (Å²) in [6, 6.07) is 9.03. The van der Waals surface area contributed by atoms with Gasteiger partial charge in [0.1, 0.15) is 0 Å². The van der Waals surface area contributed by atoms with Gasteiger partial charge in [0.2, 0.25) is 0 Å². The standard InChI is InChI=1S/C11H18S/c1-9(2)10-5-7-11(8-6-10)12(3)4/h5-9,12H,1-4H3.